The molecule has 0 aliphatic rings. The van der Waals surface area contributed by atoms with Crippen molar-refractivity contribution in [3.63, 3.8) is 0 Å². The maximum absolute atomic E-state index is 12.4. The van der Waals surface area contributed by atoms with E-state index in [1.54, 1.807) is 17.5 Å². The maximum Gasteiger partial charge on any atom is 0.314 e. The van der Waals surface area contributed by atoms with E-state index >= 15 is 0 Å². The molecule has 0 spiro atoms. The molecular weight excluding hydrogens is 442 g/mol. The summed E-state index contributed by atoms with van der Waals surface area (Å²) in [5.41, 5.74) is 2.73. The number of aryl methyl sites for hydroxylation is 2. The normalized spacial score (nSPS) is 10.6. The summed E-state index contributed by atoms with van der Waals surface area (Å²) in [5.74, 6) is 0.222. The Morgan fingerprint density at radius 1 is 1.29 bits per heavy atom. The fraction of sp³-hybridized carbons (Fsp3) is 0.238. The van der Waals surface area contributed by atoms with E-state index in [0.29, 0.717) is 27.3 Å². The highest BCUT2D eigenvalue weighted by Gasteiger charge is 2.23. The van der Waals surface area contributed by atoms with Crippen LogP contribution in [0.1, 0.15) is 23.7 Å². The molecule has 2 aromatic carbocycles. The van der Waals surface area contributed by atoms with E-state index in [1.807, 2.05) is 19.9 Å². The zero-order valence-electron chi connectivity index (χ0n) is 17.3. The van der Waals surface area contributed by atoms with Gasteiger partial charge in [-0.25, -0.2) is 4.98 Å². The van der Waals surface area contributed by atoms with Crippen LogP contribution in [0.2, 0.25) is 5.02 Å². The van der Waals surface area contributed by atoms with Gasteiger partial charge in [-0.2, -0.15) is 0 Å². The largest absolute Gasteiger partial charge is 0.496 e. The monoisotopic (exact) mass is 461 g/mol. The van der Waals surface area contributed by atoms with Gasteiger partial charge in [0.2, 0.25) is 5.91 Å². The molecule has 0 radical (unpaired) electrons. The van der Waals surface area contributed by atoms with Crippen molar-refractivity contribution in [2.24, 2.45) is 0 Å². The smallest absolute Gasteiger partial charge is 0.314 e. The lowest BCUT2D eigenvalue weighted by atomic mass is 10.1. The van der Waals surface area contributed by atoms with Gasteiger partial charge in [0.1, 0.15) is 12.4 Å². The molecule has 162 valence electrons. The second kappa shape index (κ2) is 9.32. The molecule has 8 nitrogen and oxygen atoms in total. The van der Waals surface area contributed by atoms with Crippen molar-refractivity contribution in [3.8, 4) is 11.5 Å². The number of carbonyl (C=O) groups is 1. The molecule has 0 unspecified atom stereocenters. The van der Waals surface area contributed by atoms with Gasteiger partial charge in [0.05, 0.1) is 34.5 Å². The standard InChI is InChI=1S/C21H20ClN3O5S/c1-12-7-13(2)20(17(22)8-12)24(14(3)26)21-23-15(11-31-21)10-30-19-6-5-16(29-4)9-18(19)25(27)28/h5-9,11H,10H2,1-4H3. The first-order chi connectivity index (χ1) is 14.7. The molecule has 0 aliphatic heterocycles. The molecule has 1 aromatic heterocycles. The number of benzene rings is 2. The summed E-state index contributed by atoms with van der Waals surface area (Å²) in [6, 6.07) is 8.08. The minimum Gasteiger partial charge on any atom is -0.496 e. The van der Waals surface area contributed by atoms with E-state index in [2.05, 4.69) is 4.98 Å². The minimum atomic E-state index is -0.538. The highest BCUT2D eigenvalue weighted by atomic mass is 35.5. The van der Waals surface area contributed by atoms with Gasteiger partial charge >= 0.3 is 5.69 Å². The van der Waals surface area contributed by atoms with Crippen LogP contribution in [0.25, 0.3) is 0 Å². The van der Waals surface area contributed by atoms with Crippen molar-refractivity contribution >= 4 is 45.4 Å². The lowest BCUT2D eigenvalue weighted by Gasteiger charge is -2.22. The Balaban J connectivity index is 1.86. The van der Waals surface area contributed by atoms with E-state index < -0.39 is 4.92 Å². The molecule has 0 aliphatic carbocycles. The van der Waals surface area contributed by atoms with E-state index in [0.717, 1.165) is 11.1 Å². The number of methoxy groups -OCH3 is 1. The summed E-state index contributed by atoms with van der Waals surface area (Å²) in [6.07, 6.45) is 0. The fourth-order valence-electron chi connectivity index (χ4n) is 3.08. The summed E-state index contributed by atoms with van der Waals surface area (Å²) in [6.45, 7) is 5.24. The predicted molar refractivity (Wildman–Crippen MR) is 120 cm³/mol. The molecule has 1 amide bonds. The third-order valence-electron chi connectivity index (χ3n) is 4.41. The molecule has 0 atom stereocenters. The number of hydrogen-bond donors (Lipinski definition) is 0. The van der Waals surface area contributed by atoms with Crippen LogP contribution >= 0.6 is 22.9 Å². The molecule has 3 aromatic rings. The van der Waals surface area contributed by atoms with E-state index in [-0.39, 0.29) is 24.0 Å². The Bertz CT molecular complexity index is 1120. The highest BCUT2D eigenvalue weighted by Crippen LogP contribution is 2.38. The fourth-order valence-corrected chi connectivity index (χ4v) is 4.35. The average molecular weight is 462 g/mol. The van der Waals surface area contributed by atoms with Gasteiger partial charge in [-0.15, -0.1) is 11.3 Å². The van der Waals surface area contributed by atoms with E-state index in [9.17, 15) is 14.9 Å². The van der Waals surface area contributed by atoms with Crippen molar-refractivity contribution in [3.05, 3.63) is 67.7 Å². The van der Waals surface area contributed by atoms with Gasteiger partial charge < -0.3 is 9.47 Å². The number of thiazole rings is 1. The number of rotatable bonds is 7. The first kappa shape index (κ1) is 22.5. The van der Waals surface area contributed by atoms with Crippen LogP contribution in [-0.2, 0) is 11.4 Å². The first-order valence-corrected chi connectivity index (χ1v) is 10.4. The van der Waals surface area contributed by atoms with Crippen LogP contribution in [0.3, 0.4) is 0 Å². The predicted octanol–water partition coefficient (Wildman–Crippen LogP) is 5.59. The zero-order valence-corrected chi connectivity index (χ0v) is 18.9. The van der Waals surface area contributed by atoms with Crippen LogP contribution in [0.5, 0.6) is 11.5 Å². The van der Waals surface area contributed by atoms with E-state index in [4.69, 9.17) is 21.1 Å². The Hall–Kier alpha value is -3.17. The van der Waals surface area contributed by atoms with Crippen LogP contribution in [0.4, 0.5) is 16.5 Å². The number of carbonyl (C=O) groups excluding carboxylic acids is 1. The van der Waals surface area contributed by atoms with Crippen molar-refractivity contribution in [1.82, 2.24) is 4.98 Å². The Morgan fingerprint density at radius 2 is 2.03 bits per heavy atom. The van der Waals surface area contributed by atoms with Gasteiger partial charge in [0.15, 0.2) is 10.9 Å². The van der Waals surface area contributed by atoms with Gasteiger partial charge in [-0.3, -0.25) is 19.8 Å². The second-order valence-corrected chi connectivity index (χ2v) is 8.01. The molecule has 0 saturated carbocycles. The number of nitro benzene ring substituents is 1. The first-order valence-electron chi connectivity index (χ1n) is 9.18. The third kappa shape index (κ3) is 4.95. The number of anilines is 2. The number of ether oxygens (including phenoxy) is 2. The van der Waals surface area contributed by atoms with Crippen molar-refractivity contribution < 1.29 is 19.2 Å². The summed E-state index contributed by atoms with van der Waals surface area (Å²) in [4.78, 5) is 29.1. The van der Waals surface area contributed by atoms with Crippen molar-refractivity contribution in [2.75, 3.05) is 12.0 Å². The minimum absolute atomic E-state index is 0.00394. The van der Waals surface area contributed by atoms with Gasteiger partial charge in [0, 0.05) is 12.3 Å². The lowest BCUT2D eigenvalue weighted by molar-refractivity contribution is -0.386. The van der Waals surface area contributed by atoms with Gasteiger partial charge in [-0.1, -0.05) is 17.7 Å². The van der Waals surface area contributed by atoms with Crippen LogP contribution in [0, 0.1) is 24.0 Å². The Morgan fingerprint density at radius 3 is 2.65 bits per heavy atom. The topological polar surface area (TPSA) is 94.8 Å². The summed E-state index contributed by atoms with van der Waals surface area (Å²) < 4.78 is 10.6. The molecule has 0 fully saturated rings. The van der Waals surface area contributed by atoms with Crippen LogP contribution in [0.15, 0.2) is 35.7 Å². The van der Waals surface area contributed by atoms with Gasteiger partial charge in [-0.05, 0) is 43.2 Å². The van der Waals surface area contributed by atoms with E-state index in [1.165, 1.54) is 42.4 Å². The van der Waals surface area contributed by atoms with Crippen molar-refractivity contribution in [1.29, 1.82) is 0 Å². The summed E-state index contributed by atoms with van der Waals surface area (Å²) in [7, 11) is 1.43. The maximum atomic E-state index is 12.4. The molecule has 3 rings (SSSR count). The third-order valence-corrected chi connectivity index (χ3v) is 5.57. The number of aromatic nitrogens is 1. The SMILES string of the molecule is COc1ccc(OCc2csc(N(C(C)=O)c3c(C)cc(C)cc3Cl)n2)c([N+](=O)[O-])c1. The molecule has 1 heterocycles. The Kier molecular flexibility index (Phi) is 6.77. The lowest BCUT2D eigenvalue weighted by Crippen LogP contribution is -2.24. The number of halogens is 1. The summed E-state index contributed by atoms with van der Waals surface area (Å²) >= 11 is 7.68. The Labute approximate surface area is 188 Å². The van der Waals surface area contributed by atoms with Crippen LogP contribution in [-0.4, -0.2) is 22.9 Å². The summed E-state index contributed by atoms with van der Waals surface area (Å²) in [5, 5.41) is 13.9. The second-order valence-electron chi connectivity index (χ2n) is 6.77. The number of amides is 1. The number of hydrogen-bond acceptors (Lipinski definition) is 7. The van der Waals surface area contributed by atoms with Crippen LogP contribution < -0.4 is 14.4 Å². The van der Waals surface area contributed by atoms with Crippen molar-refractivity contribution in [2.45, 2.75) is 27.4 Å². The number of nitrogens with zero attached hydrogens (tertiary/aromatic N) is 3. The quantitative estimate of drug-likeness (QED) is 0.336. The molecule has 10 heteroatoms. The number of nitro groups is 1. The molecule has 0 bridgehead atoms. The zero-order chi connectivity index (χ0) is 22.7. The molecule has 0 saturated heterocycles. The molecule has 31 heavy (non-hydrogen) atoms. The highest BCUT2D eigenvalue weighted by molar-refractivity contribution is 7.14. The molecular formula is C21H20ClN3O5S. The average Bonchev–Trinajstić information content (AvgIpc) is 3.16. The van der Waals surface area contributed by atoms with Gasteiger partial charge in [0.25, 0.3) is 0 Å². The molecule has 0 N–H and O–H groups in total.